The SMILES string of the molecule is COc1ccc(/C=C2\CCc3c2nc2ccccc2c3C(=O)O[C@H](C)C(=O)NC(N)=O)cc1OC. The number of primary amides is 1. The Kier molecular flexibility index (Phi) is 6.68. The number of hydrogen-bond acceptors (Lipinski definition) is 7. The van der Waals surface area contributed by atoms with Gasteiger partial charge in [0.15, 0.2) is 17.6 Å². The number of allylic oxidation sites excluding steroid dienone is 1. The molecule has 0 saturated heterocycles. The maximum absolute atomic E-state index is 13.2. The molecule has 0 spiro atoms. The van der Waals surface area contributed by atoms with Crippen molar-refractivity contribution in [3.05, 3.63) is 64.8 Å². The number of methoxy groups -OCH3 is 2. The highest BCUT2D eigenvalue weighted by Gasteiger charge is 2.29. The van der Waals surface area contributed by atoms with Gasteiger partial charge in [0.05, 0.1) is 31.0 Å². The van der Waals surface area contributed by atoms with Crippen molar-refractivity contribution in [3.8, 4) is 11.5 Å². The van der Waals surface area contributed by atoms with E-state index in [2.05, 4.69) is 0 Å². The molecule has 1 aliphatic carbocycles. The summed E-state index contributed by atoms with van der Waals surface area (Å²) in [6.45, 7) is 1.38. The van der Waals surface area contributed by atoms with E-state index in [0.717, 1.165) is 16.7 Å². The van der Waals surface area contributed by atoms with E-state index in [0.29, 0.717) is 46.5 Å². The molecule has 0 bridgehead atoms. The summed E-state index contributed by atoms with van der Waals surface area (Å²) >= 11 is 0. The lowest BCUT2D eigenvalue weighted by Crippen LogP contribution is -2.42. The number of nitrogens with two attached hydrogens (primary N) is 1. The van der Waals surface area contributed by atoms with E-state index in [1.807, 2.05) is 47.8 Å². The second-order valence-electron chi connectivity index (χ2n) is 8.02. The van der Waals surface area contributed by atoms with E-state index < -0.39 is 24.0 Å². The monoisotopic (exact) mass is 475 g/mol. The Morgan fingerprint density at radius 3 is 2.51 bits per heavy atom. The Hall–Kier alpha value is -4.40. The minimum Gasteiger partial charge on any atom is -0.493 e. The minimum atomic E-state index is -1.21. The van der Waals surface area contributed by atoms with E-state index >= 15 is 0 Å². The molecule has 9 nitrogen and oxygen atoms in total. The smallest absolute Gasteiger partial charge is 0.339 e. The van der Waals surface area contributed by atoms with Gasteiger partial charge in [0.25, 0.3) is 5.91 Å². The lowest BCUT2D eigenvalue weighted by Gasteiger charge is -2.15. The number of esters is 1. The third-order valence-corrected chi connectivity index (χ3v) is 5.79. The highest BCUT2D eigenvalue weighted by atomic mass is 16.5. The Labute approximate surface area is 201 Å². The van der Waals surface area contributed by atoms with Gasteiger partial charge in [-0.15, -0.1) is 0 Å². The van der Waals surface area contributed by atoms with Crippen LogP contribution in [0.1, 0.15) is 40.5 Å². The molecule has 0 saturated carbocycles. The second kappa shape index (κ2) is 9.84. The molecule has 3 N–H and O–H groups in total. The van der Waals surface area contributed by atoms with Gasteiger partial charge in [0.2, 0.25) is 0 Å². The van der Waals surface area contributed by atoms with E-state index in [9.17, 15) is 14.4 Å². The molecule has 180 valence electrons. The zero-order valence-electron chi connectivity index (χ0n) is 19.6. The zero-order valence-corrected chi connectivity index (χ0v) is 19.6. The first-order valence-corrected chi connectivity index (χ1v) is 11.0. The first-order chi connectivity index (χ1) is 16.8. The molecule has 4 rings (SSSR count). The summed E-state index contributed by atoms with van der Waals surface area (Å²) in [7, 11) is 3.16. The number of amides is 3. The summed E-state index contributed by atoms with van der Waals surface area (Å²) in [4.78, 5) is 41.1. The maximum Gasteiger partial charge on any atom is 0.339 e. The normalized spacial score (nSPS) is 14.3. The Balaban J connectivity index is 1.75. The van der Waals surface area contributed by atoms with Gasteiger partial charge < -0.3 is 19.9 Å². The van der Waals surface area contributed by atoms with Crippen molar-refractivity contribution in [1.82, 2.24) is 10.3 Å². The van der Waals surface area contributed by atoms with Gasteiger partial charge in [0, 0.05) is 5.39 Å². The number of imide groups is 1. The average molecular weight is 476 g/mol. The largest absolute Gasteiger partial charge is 0.493 e. The van der Waals surface area contributed by atoms with E-state index in [1.54, 1.807) is 20.3 Å². The van der Waals surface area contributed by atoms with Crippen LogP contribution >= 0.6 is 0 Å². The number of benzene rings is 2. The van der Waals surface area contributed by atoms with Gasteiger partial charge in [-0.2, -0.15) is 0 Å². The zero-order chi connectivity index (χ0) is 25.1. The fraction of sp³-hybridized carbons (Fsp3) is 0.231. The fourth-order valence-corrected chi connectivity index (χ4v) is 4.15. The van der Waals surface area contributed by atoms with Crippen LogP contribution in [0.2, 0.25) is 0 Å². The number of ether oxygens (including phenoxy) is 3. The summed E-state index contributed by atoms with van der Waals surface area (Å²) < 4.78 is 16.1. The highest BCUT2D eigenvalue weighted by molar-refractivity contribution is 6.08. The lowest BCUT2D eigenvalue weighted by atomic mass is 10.0. The van der Waals surface area contributed by atoms with Gasteiger partial charge in [-0.05, 0) is 60.7 Å². The number of carbonyl (C=O) groups is 3. The number of urea groups is 1. The highest BCUT2D eigenvalue weighted by Crippen LogP contribution is 2.38. The molecule has 1 aromatic heterocycles. The molecule has 1 atom stereocenters. The van der Waals surface area contributed by atoms with Crippen LogP contribution in [0.15, 0.2) is 42.5 Å². The number of rotatable bonds is 6. The molecule has 3 amide bonds. The van der Waals surface area contributed by atoms with Gasteiger partial charge in [-0.1, -0.05) is 24.3 Å². The van der Waals surface area contributed by atoms with Crippen LogP contribution < -0.4 is 20.5 Å². The number of nitrogens with zero attached hydrogens (tertiary/aromatic N) is 1. The van der Waals surface area contributed by atoms with Crippen LogP contribution in [0.3, 0.4) is 0 Å². The number of para-hydroxylation sites is 1. The van der Waals surface area contributed by atoms with Crippen molar-refractivity contribution in [1.29, 1.82) is 0 Å². The summed E-state index contributed by atoms with van der Waals surface area (Å²) in [5, 5.41) is 2.55. The fourth-order valence-electron chi connectivity index (χ4n) is 4.15. The summed E-state index contributed by atoms with van der Waals surface area (Å²) in [6, 6.07) is 11.9. The Bertz CT molecular complexity index is 1360. The summed E-state index contributed by atoms with van der Waals surface area (Å²) in [5.74, 6) is -0.224. The van der Waals surface area contributed by atoms with Crippen LogP contribution in [0.25, 0.3) is 22.6 Å². The standard InChI is InChI=1S/C26H25N3O6/c1-14(24(30)29-26(27)32)35-25(31)22-17-6-4-5-7-19(17)28-23-16(9-10-18(22)23)12-15-8-11-20(33-2)21(13-15)34-3/h4-8,11-14H,9-10H2,1-3H3,(H3,27,29,30,32)/b16-12+/t14-/m1/s1. The number of pyridine rings is 1. The predicted molar refractivity (Wildman–Crippen MR) is 130 cm³/mol. The Morgan fingerprint density at radius 1 is 1.06 bits per heavy atom. The first-order valence-electron chi connectivity index (χ1n) is 11.0. The van der Waals surface area contributed by atoms with Gasteiger partial charge in [0.1, 0.15) is 0 Å². The third kappa shape index (κ3) is 4.79. The first kappa shape index (κ1) is 23.7. The molecule has 0 unspecified atom stereocenters. The van der Waals surface area contributed by atoms with Crippen molar-refractivity contribution in [3.63, 3.8) is 0 Å². The van der Waals surface area contributed by atoms with E-state index in [-0.39, 0.29) is 0 Å². The summed E-state index contributed by atoms with van der Waals surface area (Å²) in [5.41, 5.74) is 9.32. The topological polar surface area (TPSA) is 130 Å². The van der Waals surface area contributed by atoms with Crippen LogP contribution in [0.5, 0.6) is 11.5 Å². The number of aromatic nitrogens is 1. The van der Waals surface area contributed by atoms with E-state index in [4.69, 9.17) is 24.9 Å². The number of carbonyl (C=O) groups excluding carboxylic acids is 3. The molecule has 35 heavy (non-hydrogen) atoms. The molecule has 0 radical (unpaired) electrons. The third-order valence-electron chi connectivity index (χ3n) is 5.79. The molecule has 9 heteroatoms. The molecule has 0 aliphatic heterocycles. The van der Waals surface area contributed by atoms with Gasteiger partial charge in [-0.25, -0.2) is 14.6 Å². The molecular weight excluding hydrogens is 450 g/mol. The van der Waals surface area contributed by atoms with Crippen molar-refractivity contribution in [2.24, 2.45) is 5.73 Å². The molecule has 3 aromatic rings. The summed E-state index contributed by atoms with van der Waals surface area (Å²) in [6.07, 6.45) is 2.05. The molecule has 2 aromatic carbocycles. The van der Waals surface area contributed by atoms with Crippen LogP contribution in [0, 0.1) is 0 Å². The molecule has 1 aliphatic rings. The molecular formula is C26H25N3O6. The number of nitrogens with one attached hydrogen (secondary N) is 1. The van der Waals surface area contributed by atoms with Crippen LogP contribution in [-0.2, 0) is 16.0 Å². The Morgan fingerprint density at radius 2 is 1.80 bits per heavy atom. The lowest BCUT2D eigenvalue weighted by molar-refractivity contribution is -0.127. The van der Waals surface area contributed by atoms with Gasteiger partial charge >= 0.3 is 12.0 Å². The average Bonchev–Trinajstić information content (AvgIpc) is 3.23. The minimum absolute atomic E-state index is 0.361. The van der Waals surface area contributed by atoms with Crippen molar-refractivity contribution in [2.45, 2.75) is 25.9 Å². The van der Waals surface area contributed by atoms with Crippen molar-refractivity contribution in [2.75, 3.05) is 14.2 Å². The maximum atomic E-state index is 13.2. The van der Waals surface area contributed by atoms with E-state index in [1.165, 1.54) is 6.92 Å². The number of hydrogen-bond donors (Lipinski definition) is 2. The predicted octanol–water partition coefficient (Wildman–Crippen LogP) is 3.48. The molecule has 0 fully saturated rings. The second-order valence-corrected chi connectivity index (χ2v) is 8.02. The van der Waals surface area contributed by atoms with Gasteiger partial charge in [-0.3, -0.25) is 10.1 Å². The molecule has 1 heterocycles. The van der Waals surface area contributed by atoms with Crippen molar-refractivity contribution >= 4 is 40.5 Å². The van der Waals surface area contributed by atoms with Crippen LogP contribution in [-0.4, -0.2) is 43.2 Å². The number of fused-ring (bicyclic) bond motifs is 2. The quantitative estimate of drug-likeness (QED) is 0.522. The van der Waals surface area contributed by atoms with Crippen molar-refractivity contribution < 1.29 is 28.6 Å². The van der Waals surface area contributed by atoms with Crippen LogP contribution in [0.4, 0.5) is 4.79 Å².